The average molecular weight is 433 g/mol. The van der Waals surface area contributed by atoms with Crippen LogP contribution in [0.5, 0.6) is 5.75 Å². The number of aromatic nitrogens is 1. The summed E-state index contributed by atoms with van der Waals surface area (Å²) in [5, 5.41) is 6.70. The maximum Gasteiger partial charge on any atom is 0.311 e. The van der Waals surface area contributed by atoms with E-state index in [0.29, 0.717) is 24.0 Å². The number of rotatable bonds is 11. The molecule has 1 saturated heterocycles. The smallest absolute Gasteiger partial charge is 0.311 e. The van der Waals surface area contributed by atoms with E-state index in [4.69, 9.17) is 14.2 Å². The Morgan fingerprint density at radius 1 is 1.37 bits per heavy atom. The summed E-state index contributed by atoms with van der Waals surface area (Å²) in [5.41, 5.74) is 4.46. The summed E-state index contributed by atoms with van der Waals surface area (Å²) in [6.07, 6.45) is 2.84. The highest BCUT2D eigenvalue weighted by molar-refractivity contribution is 7.13. The lowest BCUT2D eigenvalue weighted by Crippen LogP contribution is -2.37. The normalized spacial score (nSPS) is 14.7. The summed E-state index contributed by atoms with van der Waals surface area (Å²) in [6.45, 7) is 7.44. The lowest BCUT2D eigenvalue weighted by atomic mass is 10.2. The highest BCUT2D eigenvalue weighted by Crippen LogP contribution is 2.18. The molecule has 1 aromatic carbocycles. The Morgan fingerprint density at radius 2 is 2.20 bits per heavy atom. The molecule has 2 heterocycles. The van der Waals surface area contributed by atoms with Gasteiger partial charge in [-0.3, -0.25) is 15.1 Å². The molecule has 1 N–H and O–H groups in total. The lowest BCUT2D eigenvalue weighted by molar-refractivity contribution is -0.142. The van der Waals surface area contributed by atoms with Gasteiger partial charge in [0.2, 0.25) is 5.13 Å². The van der Waals surface area contributed by atoms with E-state index in [0.717, 1.165) is 50.6 Å². The highest BCUT2D eigenvalue weighted by Gasteiger charge is 2.10. The maximum absolute atomic E-state index is 11.5. The van der Waals surface area contributed by atoms with Crippen molar-refractivity contribution in [1.29, 1.82) is 0 Å². The number of ether oxygens (including phenoxy) is 3. The number of benzene rings is 1. The van der Waals surface area contributed by atoms with Crippen molar-refractivity contribution in [2.45, 2.75) is 19.8 Å². The molecule has 9 heteroatoms. The lowest BCUT2D eigenvalue weighted by Gasteiger charge is -2.26. The summed E-state index contributed by atoms with van der Waals surface area (Å²) < 4.78 is 16.3. The van der Waals surface area contributed by atoms with Crippen molar-refractivity contribution >= 4 is 28.7 Å². The van der Waals surface area contributed by atoms with Crippen LogP contribution in [-0.2, 0) is 20.7 Å². The second kappa shape index (κ2) is 12.3. The molecule has 0 bridgehead atoms. The van der Waals surface area contributed by atoms with E-state index in [1.807, 2.05) is 29.6 Å². The van der Waals surface area contributed by atoms with Gasteiger partial charge in [-0.15, -0.1) is 11.3 Å². The minimum atomic E-state index is -0.280. The molecule has 0 saturated carbocycles. The van der Waals surface area contributed by atoms with Crippen molar-refractivity contribution in [1.82, 2.24) is 9.88 Å². The number of hydrogen-bond donors (Lipinski definition) is 1. The Kier molecular flexibility index (Phi) is 9.07. The number of hydrogen-bond acceptors (Lipinski definition) is 9. The number of hydrazone groups is 1. The first-order valence-corrected chi connectivity index (χ1v) is 11.0. The number of morpholine rings is 1. The Hall–Kier alpha value is -2.49. The first kappa shape index (κ1) is 22.2. The summed E-state index contributed by atoms with van der Waals surface area (Å²) in [5.74, 6) is 0.518. The molecule has 1 aromatic heterocycles. The van der Waals surface area contributed by atoms with E-state index in [-0.39, 0.29) is 12.4 Å². The Bertz CT molecular complexity index is 821. The predicted octanol–water partition coefficient (Wildman–Crippen LogP) is 2.80. The van der Waals surface area contributed by atoms with Crippen molar-refractivity contribution in [3.63, 3.8) is 0 Å². The maximum atomic E-state index is 11.5. The average Bonchev–Trinajstić information content (AvgIpc) is 3.20. The molecule has 2 aromatic rings. The van der Waals surface area contributed by atoms with Gasteiger partial charge in [0.15, 0.2) is 0 Å². The van der Waals surface area contributed by atoms with Crippen LogP contribution in [0.2, 0.25) is 0 Å². The van der Waals surface area contributed by atoms with Gasteiger partial charge >= 0.3 is 5.97 Å². The SMILES string of the molecule is CCOC(=O)Cc1csc(NN=Cc2ccccc2OCCCN2CCOCC2)n1. The summed E-state index contributed by atoms with van der Waals surface area (Å²) in [6, 6.07) is 7.79. The number of esters is 1. The fourth-order valence-corrected chi connectivity index (χ4v) is 3.63. The van der Waals surface area contributed by atoms with Crippen molar-refractivity contribution < 1.29 is 19.0 Å². The quantitative estimate of drug-likeness (QED) is 0.253. The van der Waals surface area contributed by atoms with E-state index in [1.54, 1.807) is 13.1 Å². The molecular weight excluding hydrogens is 404 g/mol. The number of carbonyl (C=O) groups excluding carboxylic acids is 1. The second-order valence-electron chi connectivity index (χ2n) is 6.69. The Balaban J connectivity index is 1.45. The monoisotopic (exact) mass is 432 g/mol. The van der Waals surface area contributed by atoms with Gasteiger partial charge < -0.3 is 14.2 Å². The van der Waals surface area contributed by atoms with Crippen molar-refractivity contribution in [2.24, 2.45) is 5.10 Å². The molecule has 162 valence electrons. The number of nitrogens with zero attached hydrogens (tertiary/aromatic N) is 3. The van der Waals surface area contributed by atoms with E-state index in [1.165, 1.54) is 11.3 Å². The third-order valence-corrected chi connectivity index (χ3v) is 5.24. The van der Waals surface area contributed by atoms with E-state index < -0.39 is 0 Å². The molecular formula is C21H28N4O4S. The molecule has 1 fully saturated rings. The van der Waals surface area contributed by atoms with Crippen LogP contribution >= 0.6 is 11.3 Å². The second-order valence-corrected chi connectivity index (χ2v) is 7.55. The van der Waals surface area contributed by atoms with Gasteiger partial charge in [0.05, 0.1) is 44.8 Å². The fraction of sp³-hybridized carbons (Fsp3) is 0.476. The predicted molar refractivity (Wildman–Crippen MR) is 117 cm³/mol. The fourth-order valence-electron chi connectivity index (χ4n) is 2.97. The molecule has 8 nitrogen and oxygen atoms in total. The van der Waals surface area contributed by atoms with Crippen LogP contribution in [0.25, 0.3) is 0 Å². The number of para-hydroxylation sites is 1. The summed E-state index contributed by atoms with van der Waals surface area (Å²) >= 11 is 1.39. The summed E-state index contributed by atoms with van der Waals surface area (Å²) in [7, 11) is 0. The summed E-state index contributed by atoms with van der Waals surface area (Å²) in [4.78, 5) is 18.3. The topological polar surface area (TPSA) is 85.3 Å². The van der Waals surface area contributed by atoms with Gasteiger partial charge in [0, 0.05) is 30.6 Å². The van der Waals surface area contributed by atoms with Gasteiger partial charge in [-0.25, -0.2) is 4.98 Å². The van der Waals surface area contributed by atoms with Gasteiger partial charge in [-0.2, -0.15) is 5.10 Å². The zero-order valence-electron chi connectivity index (χ0n) is 17.2. The minimum absolute atomic E-state index is 0.164. The van der Waals surface area contributed by atoms with Crippen LogP contribution in [0.4, 0.5) is 5.13 Å². The molecule has 1 aliphatic heterocycles. The largest absolute Gasteiger partial charge is 0.493 e. The van der Waals surface area contributed by atoms with Crippen molar-refractivity contribution in [2.75, 3.05) is 51.5 Å². The number of anilines is 1. The molecule has 3 rings (SSSR count). The first-order valence-electron chi connectivity index (χ1n) is 10.2. The third-order valence-electron chi connectivity index (χ3n) is 4.45. The molecule has 0 atom stereocenters. The Morgan fingerprint density at radius 3 is 3.03 bits per heavy atom. The zero-order valence-corrected chi connectivity index (χ0v) is 18.0. The standard InChI is InChI=1S/C21H28N4O4S/c1-2-28-20(26)14-18-16-30-21(23-18)24-22-15-17-6-3-4-7-19(17)29-11-5-8-25-9-12-27-13-10-25/h3-4,6-7,15-16H,2,5,8-14H2,1H3,(H,23,24). The molecule has 0 aliphatic carbocycles. The van der Waals surface area contributed by atoms with Crippen LogP contribution in [0.15, 0.2) is 34.7 Å². The van der Waals surface area contributed by atoms with Crippen LogP contribution in [0.3, 0.4) is 0 Å². The highest BCUT2D eigenvalue weighted by atomic mass is 32.1. The van der Waals surface area contributed by atoms with Crippen LogP contribution in [-0.4, -0.2) is 68.1 Å². The van der Waals surface area contributed by atoms with Gasteiger partial charge in [0.1, 0.15) is 5.75 Å². The first-order chi connectivity index (χ1) is 14.7. The van der Waals surface area contributed by atoms with Crippen LogP contribution < -0.4 is 10.2 Å². The molecule has 0 amide bonds. The van der Waals surface area contributed by atoms with Crippen LogP contribution in [0, 0.1) is 0 Å². The zero-order chi connectivity index (χ0) is 21.0. The van der Waals surface area contributed by atoms with E-state index >= 15 is 0 Å². The number of carbonyl (C=O) groups is 1. The van der Waals surface area contributed by atoms with Crippen LogP contribution in [0.1, 0.15) is 24.6 Å². The van der Waals surface area contributed by atoms with Gasteiger partial charge in [0.25, 0.3) is 0 Å². The van der Waals surface area contributed by atoms with E-state index in [2.05, 4.69) is 20.4 Å². The van der Waals surface area contributed by atoms with Gasteiger partial charge in [-0.05, 0) is 25.5 Å². The molecule has 30 heavy (non-hydrogen) atoms. The Labute approximate surface area is 180 Å². The third kappa shape index (κ3) is 7.40. The molecule has 0 unspecified atom stereocenters. The van der Waals surface area contributed by atoms with E-state index in [9.17, 15) is 4.79 Å². The molecule has 0 radical (unpaired) electrons. The minimum Gasteiger partial charge on any atom is -0.493 e. The van der Waals surface area contributed by atoms with Crippen molar-refractivity contribution in [3.8, 4) is 5.75 Å². The number of thiazole rings is 1. The molecule has 0 spiro atoms. The molecule has 1 aliphatic rings. The number of nitrogens with one attached hydrogen (secondary N) is 1. The van der Waals surface area contributed by atoms with Gasteiger partial charge in [-0.1, -0.05) is 12.1 Å². The van der Waals surface area contributed by atoms with Crippen molar-refractivity contribution in [3.05, 3.63) is 40.9 Å².